The van der Waals surface area contributed by atoms with Crippen LogP contribution in [0.3, 0.4) is 0 Å². The minimum absolute atomic E-state index is 0.241. The Morgan fingerprint density at radius 1 is 0.571 bits per heavy atom. The fourth-order valence-corrected chi connectivity index (χ4v) is 5.90. The van der Waals surface area contributed by atoms with Crippen LogP contribution in [0.5, 0.6) is 0 Å². The van der Waals surface area contributed by atoms with E-state index in [-0.39, 0.29) is 11.0 Å². The second-order valence-electron chi connectivity index (χ2n) is 10.5. The molecule has 1 aromatic carbocycles. The summed E-state index contributed by atoms with van der Waals surface area (Å²) >= 11 is 0. The Bertz CT molecular complexity index is 672. The number of rotatable bonds is 25. The molecule has 0 fully saturated rings. The molecule has 0 spiro atoms. The van der Waals surface area contributed by atoms with Crippen LogP contribution in [0.4, 0.5) is 0 Å². The van der Waals surface area contributed by atoms with Gasteiger partial charge < -0.3 is 0 Å². The molecule has 4 heteroatoms. The molecule has 1 rings (SSSR count). The molecule has 0 N–H and O–H groups in total. The molecule has 0 aliphatic heterocycles. The van der Waals surface area contributed by atoms with Crippen molar-refractivity contribution in [1.29, 1.82) is 0 Å². The Morgan fingerprint density at radius 3 is 1.29 bits per heavy atom. The molecule has 0 heterocycles. The summed E-state index contributed by atoms with van der Waals surface area (Å²) in [7, 11) is -3.64. The van der Waals surface area contributed by atoms with Gasteiger partial charge in [0, 0.05) is 0 Å². The third kappa shape index (κ3) is 19.0. The van der Waals surface area contributed by atoms with E-state index in [9.17, 15) is 8.42 Å². The van der Waals surface area contributed by atoms with Crippen LogP contribution in [0.1, 0.15) is 155 Å². The van der Waals surface area contributed by atoms with Crippen molar-refractivity contribution in [3.63, 3.8) is 0 Å². The molecule has 35 heavy (non-hydrogen) atoms. The Balaban J connectivity index is 1.79. The Hall–Kier alpha value is -0.870. The maximum absolute atomic E-state index is 12.2. The summed E-state index contributed by atoms with van der Waals surface area (Å²) in [6.07, 6.45) is 29.4. The fraction of sp³-hybridized carbons (Fsp3) is 0.806. The highest BCUT2D eigenvalue weighted by atomic mass is 32.2. The van der Waals surface area contributed by atoms with Crippen LogP contribution >= 0.6 is 0 Å². The molecule has 0 aromatic heterocycles. The van der Waals surface area contributed by atoms with Gasteiger partial charge in [-0.25, -0.2) is 0 Å². The standard InChI is InChI=1S/C31H56O3S/c1-3-4-5-6-7-8-9-10-11-12-13-14-15-16-17-18-19-20-21-22-24-27-30(2)34-35(32,33)31-28-25-23-26-29-31/h23,25-26,28-30H,3-22,24,27H2,1-2H3. The van der Waals surface area contributed by atoms with E-state index in [2.05, 4.69) is 6.92 Å². The molecule has 1 aromatic rings. The summed E-state index contributed by atoms with van der Waals surface area (Å²) in [4.78, 5) is 0.241. The lowest BCUT2D eigenvalue weighted by Crippen LogP contribution is -2.15. The lowest BCUT2D eigenvalue weighted by atomic mass is 10.0. The molecule has 1 unspecified atom stereocenters. The normalized spacial score (nSPS) is 12.7. The summed E-state index contributed by atoms with van der Waals surface area (Å²) in [5, 5.41) is 0. The molecule has 0 aliphatic carbocycles. The van der Waals surface area contributed by atoms with Crippen molar-refractivity contribution >= 4 is 10.1 Å². The number of unbranched alkanes of at least 4 members (excludes halogenated alkanes) is 20. The highest BCUT2D eigenvalue weighted by Crippen LogP contribution is 2.18. The maximum atomic E-state index is 12.2. The van der Waals surface area contributed by atoms with E-state index in [0.717, 1.165) is 19.3 Å². The van der Waals surface area contributed by atoms with Gasteiger partial charge in [-0.2, -0.15) is 8.42 Å². The van der Waals surface area contributed by atoms with Crippen molar-refractivity contribution in [3.05, 3.63) is 30.3 Å². The first-order valence-electron chi connectivity index (χ1n) is 15.0. The second-order valence-corrected chi connectivity index (χ2v) is 12.1. The Morgan fingerprint density at radius 2 is 0.914 bits per heavy atom. The zero-order valence-electron chi connectivity index (χ0n) is 23.2. The van der Waals surface area contributed by atoms with Crippen molar-refractivity contribution in [2.75, 3.05) is 0 Å². The molecule has 0 aliphatic rings. The summed E-state index contributed by atoms with van der Waals surface area (Å²) in [6, 6.07) is 8.42. The molecule has 0 bridgehead atoms. The van der Waals surface area contributed by atoms with Crippen LogP contribution in [0.25, 0.3) is 0 Å². The predicted octanol–water partition coefficient (Wildman–Crippen LogP) is 10.4. The van der Waals surface area contributed by atoms with E-state index in [1.807, 2.05) is 13.0 Å². The zero-order chi connectivity index (χ0) is 25.5. The van der Waals surface area contributed by atoms with Gasteiger partial charge in [-0.05, 0) is 25.5 Å². The smallest absolute Gasteiger partial charge is 0.263 e. The monoisotopic (exact) mass is 508 g/mol. The van der Waals surface area contributed by atoms with Gasteiger partial charge >= 0.3 is 0 Å². The average Bonchev–Trinajstić information content (AvgIpc) is 2.85. The van der Waals surface area contributed by atoms with Crippen molar-refractivity contribution in [1.82, 2.24) is 0 Å². The molecule has 0 saturated carbocycles. The summed E-state index contributed by atoms with van der Waals surface area (Å²) in [6.45, 7) is 4.15. The quantitative estimate of drug-likeness (QED) is 0.0974. The first-order chi connectivity index (χ1) is 17.1. The highest BCUT2D eigenvalue weighted by Gasteiger charge is 2.18. The Kier molecular flexibility index (Phi) is 20.5. The third-order valence-electron chi connectivity index (χ3n) is 7.04. The molecular weight excluding hydrogens is 452 g/mol. The van der Waals surface area contributed by atoms with Crippen LogP contribution < -0.4 is 0 Å². The van der Waals surface area contributed by atoms with Crippen LogP contribution in [-0.2, 0) is 14.3 Å². The SMILES string of the molecule is CCCCCCCCCCCCCCCCCCCCCCCC(C)OS(=O)(=O)c1ccccc1. The van der Waals surface area contributed by atoms with Gasteiger partial charge in [0.05, 0.1) is 11.0 Å². The summed E-state index contributed by atoms with van der Waals surface area (Å²) in [5.41, 5.74) is 0. The van der Waals surface area contributed by atoms with Crippen molar-refractivity contribution in [2.45, 2.75) is 166 Å². The molecular formula is C31H56O3S. The van der Waals surface area contributed by atoms with Crippen LogP contribution in [0.2, 0.25) is 0 Å². The van der Waals surface area contributed by atoms with Crippen molar-refractivity contribution in [2.24, 2.45) is 0 Å². The topological polar surface area (TPSA) is 43.4 Å². The van der Waals surface area contributed by atoms with E-state index in [0.29, 0.717) is 0 Å². The van der Waals surface area contributed by atoms with E-state index in [1.165, 1.54) is 122 Å². The summed E-state index contributed by atoms with van der Waals surface area (Å²) in [5.74, 6) is 0. The van der Waals surface area contributed by atoms with Crippen LogP contribution in [0.15, 0.2) is 35.2 Å². The first kappa shape index (κ1) is 32.2. The van der Waals surface area contributed by atoms with Gasteiger partial charge in [0.15, 0.2) is 0 Å². The van der Waals surface area contributed by atoms with Gasteiger partial charge in [-0.15, -0.1) is 0 Å². The molecule has 0 radical (unpaired) electrons. The molecule has 204 valence electrons. The molecule has 0 saturated heterocycles. The van der Waals surface area contributed by atoms with Gasteiger partial charge in [-0.3, -0.25) is 4.18 Å². The fourth-order valence-electron chi connectivity index (χ4n) is 4.77. The predicted molar refractivity (Wildman–Crippen MR) is 151 cm³/mol. The number of benzene rings is 1. The minimum Gasteiger partial charge on any atom is -0.263 e. The highest BCUT2D eigenvalue weighted by molar-refractivity contribution is 7.86. The minimum atomic E-state index is -3.64. The molecule has 0 amide bonds. The van der Waals surface area contributed by atoms with Crippen molar-refractivity contribution < 1.29 is 12.6 Å². The van der Waals surface area contributed by atoms with E-state index in [1.54, 1.807) is 24.3 Å². The number of hydrogen-bond donors (Lipinski definition) is 0. The van der Waals surface area contributed by atoms with Gasteiger partial charge in [0.2, 0.25) is 0 Å². The Labute approximate surface area is 219 Å². The van der Waals surface area contributed by atoms with E-state index < -0.39 is 10.1 Å². The van der Waals surface area contributed by atoms with E-state index >= 15 is 0 Å². The summed E-state index contributed by atoms with van der Waals surface area (Å²) < 4.78 is 29.8. The average molecular weight is 509 g/mol. The second kappa shape index (κ2) is 22.3. The van der Waals surface area contributed by atoms with Crippen LogP contribution in [-0.4, -0.2) is 14.5 Å². The lowest BCUT2D eigenvalue weighted by Gasteiger charge is -2.13. The molecule has 3 nitrogen and oxygen atoms in total. The van der Waals surface area contributed by atoms with Crippen molar-refractivity contribution in [3.8, 4) is 0 Å². The van der Waals surface area contributed by atoms with Crippen LogP contribution in [0, 0.1) is 0 Å². The zero-order valence-corrected chi connectivity index (χ0v) is 24.0. The maximum Gasteiger partial charge on any atom is 0.297 e. The lowest BCUT2D eigenvalue weighted by molar-refractivity contribution is 0.213. The van der Waals surface area contributed by atoms with Gasteiger partial charge in [0.1, 0.15) is 0 Å². The van der Waals surface area contributed by atoms with Gasteiger partial charge in [0.25, 0.3) is 10.1 Å². The van der Waals surface area contributed by atoms with Gasteiger partial charge in [-0.1, -0.05) is 160 Å². The van der Waals surface area contributed by atoms with E-state index in [4.69, 9.17) is 4.18 Å². The molecule has 1 atom stereocenters. The first-order valence-corrected chi connectivity index (χ1v) is 16.5. The number of hydrogen-bond acceptors (Lipinski definition) is 3. The largest absolute Gasteiger partial charge is 0.297 e. The third-order valence-corrected chi connectivity index (χ3v) is 8.47.